The fourth-order valence-electron chi connectivity index (χ4n) is 0.0962. The average Bonchev–Trinajstić information content (AvgIpc) is 2.25. The van der Waals surface area contributed by atoms with Crippen LogP contribution >= 0.6 is 37.2 Å². The number of hydrogen-bond acceptors (Lipinski definition) is 2. The first-order valence-electron chi connectivity index (χ1n) is 2.14. The summed E-state index contributed by atoms with van der Waals surface area (Å²) in [6.45, 7) is -0.250. The molecule has 0 spiro atoms. The van der Waals surface area contributed by atoms with Crippen molar-refractivity contribution >= 4 is 43.7 Å². The van der Waals surface area contributed by atoms with E-state index in [2.05, 4.69) is 0 Å². The van der Waals surface area contributed by atoms with Gasteiger partial charge in [-0.3, -0.25) is 4.79 Å². The summed E-state index contributed by atoms with van der Waals surface area (Å²) >= 11 is 0. The Morgan fingerprint density at radius 2 is 1.36 bits per heavy atom. The molecule has 1 fully saturated rings. The summed E-state index contributed by atoms with van der Waals surface area (Å²) in [5.74, 6) is 0. The highest BCUT2D eigenvalue weighted by atomic mass is 35.5. The van der Waals surface area contributed by atoms with Crippen molar-refractivity contribution in [2.45, 2.75) is 18.9 Å². The molecule has 0 aromatic carbocycles. The van der Waals surface area contributed by atoms with Gasteiger partial charge in [0.15, 0.2) is 0 Å². The van der Waals surface area contributed by atoms with Crippen LogP contribution in [0.15, 0.2) is 0 Å². The van der Waals surface area contributed by atoms with Crippen LogP contribution in [-0.4, -0.2) is 23.1 Å². The second-order valence-corrected chi connectivity index (χ2v) is 1.44. The zero-order chi connectivity index (χ0) is 5.70. The minimum absolute atomic E-state index is 0. The number of nitrogens with two attached hydrogens (primary N) is 1. The molecular weight excluding hydrogens is 216 g/mol. The molecule has 0 aromatic rings. The largest absolute Gasteiger partial charge is 0.483 e. The van der Waals surface area contributed by atoms with Crippen LogP contribution in [0.3, 0.4) is 0 Å². The van der Waals surface area contributed by atoms with Crippen molar-refractivity contribution in [2.24, 2.45) is 5.73 Å². The summed E-state index contributed by atoms with van der Waals surface area (Å²) in [7, 11) is 0. The summed E-state index contributed by atoms with van der Waals surface area (Å²) in [5, 5.41) is 6.89. The van der Waals surface area contributed by atoms with Crippen molar-refractivity contribution in [2.75, 3.05) is 0 Å². The molecular formula is C4H14Cl3NO3. The van der Waals surface area contributed by atoms with Crippen molar-refractivity contribution in [3.8, 4) is 0 Å². The molecule has 0 aromatic heterocycles. The van der Waals surface area contributed by atoms with Crippen LogP contribution in [0.1, 0.15) is 12.8 Å². The Morgan fingerprint density at radius 3 is 1.36 bits per heavy atom. The summed E-state index contributed by atoms with van der Waals surface area (Å²) in [6.07, 6.45) is 2.53. The highest BCUT2D eigenvalue weighted by molar-refractivity contribution is 5.86. The van der Waals surface area contributed by atoms with E-state index in [1.807, 2.05) is 0 Å². The highest BCUT2D eigenvalue weighted by Crippen LogP contribution is 2.13. The molecule has 4 nitrogen and oxygen atoms in total. The first-order chi connectivity index (χ1) is 3.31. The average molecular weight is 231 g/mol. The van der Waals surface area contributed by atoms with Crippen LogP contribution in [0.2, 0.25) is 0 Å². The van der Waals surface area contributed by atoms with Gasteiger partial charge in [0, 0.05) is 6.04 Å². The van der Waals surface area contributed by atoms with E-state index in [9.17, 15) is 0 Å². The van der Waals surface area contributed by atoms with E-state index in [0.717, 1.165) is 0 Å². The third-order valence-corrected chi connectivity index (χ3v) is 0.622. The Bertz CT molecular complexity index is 62.5. The standard InChI is InChI=1S/C3H7N.CH2O2.3ClH.H2O/c4-3-1-2-3;2-1-3;;;;/h3H,1-2,4H2;1H,(H,2,3);3*1H;1H2. The Balaban J connectivity index is -0.0000000164. The maximum absolute atomic E-state index is 8.36. The number of rotatable bonds is 0. The van der Waals surface area contributed by atoms with Gasteiger partial charge in [-0.05, 0) is 12.8 Å². The molecule has 1 rings (SSSR count). The van der Waals surface area contributed by atoms with Gasteiger partial charge < -0.3 is 16.3 Å². The zero-order valence-corrected chi connectivity index (χ0v) is 8.18. The Labute approximate surface area is 84.1 Å². The van der Waals surface area contributed by atoms with Gasteiger partial charge in [-0.2, -0.15) is 0 Å². The van der Waals surface area contributed by atoms with Crippen molar-refractivity contribution < 1.29 is 15.4 Å². The van der Waals surface area contributed by atoms with Crippen molar-refractivity contribution in [3.63, 3.8) is 0 Å². The molecule has 1 saturated carbocycles. The molecule has 0 atom stereocenters. The molecule has 1 aliphatic carbocycles. The van der Waals surface area contributed by atoms with Gasteiger partial charge in [-0.1, -0.05) is 0 Å². The molecule has 0 aliphatic heterocycles. The van der Waals surface area contributed by atoms with Gasteiger partial charge in [0.1, 0.15) is 0 Å². The smallest absolute Gasteiger partial charge is 0.290 e. The summed E-state index contributed by atoms with van der Waals surface area (Å²) in [4.78, 5) is 8.36. The maximum atomic E-state index is 8.36. The van der Waals surface area contributed by atoms with Gasteiger partial charge in [-0.25, -0.2) is 0 Å². The number of halogens is 3. The lowest BCUT2D eigenvalue weighted by molar-refractivity contribution is -0.122. The van der Waals surface area contributed by atoms with Crippen molar-refractivity contribution in [1.29, 1.82) is 0 Å². The fourth-order valence-corrected chi connectivity index (χ4v) is 0.0962. The SMILES string of the molecule is Cl.Cl.Cl.NC1CC1.O.O=CO. The lowest BCUT2D eigenvalue weighted by Crippen LogP contribution is -1.94. The number of hydrogen-bond donors (Lipinski definition) is 2. The quantitative estimate of drug-likeness (QED) is 0.584. The molecule has 0 unspecified atom stereocenters. The molecule has 0 saturated heterocycles. The molecule has 0 amide bonds. The van der Waals surface area contributed by atoms with E-state index >= 15 is 0 Å². The number of carbonyl (C=O) groups is 1. The third kappa shape index (κ3) is 65.9. The van der Waals surface area contributed by atoms with Crippen molar-refractivity contribution in [3.05, 3.63) is 0 Å². The van der Waals surface area contributed by atoms with Gasteiger partial charge in [0.05, 0.1) is 0 Å². The molecule has 0 radical (unpaired) electrons. The predicted octanol–water partition coefficient (Wildman–Crippen LogP) is 0.249. The van der Waals surface area contributed by atoms with E-state index in [1.54, 1.807) is 0 Å². The molecule has 74 valence electrons. The molecule has 1 aliphatic rings. The van der Waals surface area contributed by atoms with Crippen LogP contribution in [0.4, 0.5) is 0 Å². The van der Waals surface area contributed by atoms with Gasteiger partial charge in [-0.15, -0.1) is 37.2 Å². The summed E-state index contributed by atoms with van der Waals surface area (Å²) < 4.78 is 0. The third-order valence-electron chi connectivity index (χ3n) is 0.622. The normalized spacial score (nSPS) is 10.6. The molecule has 7 heteroatoms. The second-order valence-electron chi connectivity index (χ2n) is 1.44. The zero-order valence-electron chi connectivity index (χ0n) is 5.73. The van der Waals surface area contributed by atoms with Gasteiger partial charge in [0.25, 0.3) is 6.47 Å². The van der Waals surface area contributed by atoms with E-state index < -0.39 is 0 Å². The Hall–Kier alpha value is 0.260. The lowest BCUT2D eigenvalue weighted by Gasteiger charge is -1.58. The van der Waals surface area contributed by atoms with E-state index in [0.29, 0.717) is 6.04 Å². The van der Waals surface area contributed by atoms with E-state index in [4.69, 9.17) is 15.6 Å². The van der Waals surface area contributed by atoms with Crippen LogP contribution in [0.5, 0.6) is 0 Å². The molecule has 0 bridgehead atoms. The monoisotopic (exact) mass is 229 g/mol. The first-order valence-corrected chi connectivity index (χ1v) is 2.14. The van der Waals surface area contributed by atoms with Crippen molar-refractivity contribution in [1.82, 2.24) is 0 Å². The highest BCUT2D eigenvalue weighted by Gasteiger charge is 2.13. The number of carboxylic acid groups (broad SMARTS) is 1. The lowest BCUT2D eigenvalue weighted by atomic mass is 10.8. The van der Waals surface area contributed by atoms with E-state index in [-0.39, 0.29) is 49.2 Å². The molecule has 0 heterocycles. The molecule has 11 heavy (non-hydrogen) atoms. The second kappa shape index (κ2) is 22.5. The minimum atomic E-state index is -0.250. The Kier molecular flexibility index (Phi) is 61.7. The maximum Gasteiger partial charge on any atom is 0.290 e. The minimum Gasteiger partial charge on any atom is -0.483 e. The summed E-state index contributed by atoms with van der Waals surface area (Å²) in [5.41, 5.74) is 5.22. The topological polar surface area (TPSA) is 94.8 Å². The fraction of sp³-hybridized carbons (Fsp3) is 0.750. The van der Waals surface area contributed by atoms with Crippen LogP contribution < -0.4 is 5.73 Å². The predicted molar refractivity (Wildman–Crippen MR) is 51.3 cm³/mol. The van der Waals surface area contributed by atoms with Gasteiger partial charge in [0.2, 0.25) is 0 Å². The van der Waals surface area contributed by atoms with Crippen LogP contribution in [-0.2, 0) is 4.79 Å². The van der Waals surface area contributed by atoms with Crippen LogP contribution in [0.25, 0.3) is 0 Å². The Morgan fingerprint density at radius 1 is 1.27 bits per heavy atom. The first kappa shape index (κ1) is 30.2. The molecule has 5 N–H and O–H groups in total. The summed E-state index contributed by atoms with van der Waals surface area (Å²) in [6, 6.07) is 0.583. The van der Waals surface area contributed by atoms with E-state index in [1.165, 1.54) is 12.8 Å². The van der Waals surface area contributed by atoms with Gasteiger partial charge >= 0.3 is 0 Å². The van der Waals surface area contributed by atoms with Crippen LogP contribution in [0, 0.1) is 0 Å².